The van der Waals surface area contributed by atoms with Crippen LogP contribution in [0.4, 0.5) is 0 Å². The molecule has 0 unspecified atom stereocenters. The number of nitrogens with zero attached hydrogens (tertiary/aromatic N) is 2. The van der Waals surface area contributed by atoms with Crippen molar-refractivity contribution in [1.29, 1.82) is 0 Å². The number of carbonyl (C=O) groups is 1. The van der Waals surface area contributed by atoms with Gasteiger partial charge in [-0.15, -0.1) is 0 Å². The number of halogens is 1. The van der Waals surface area contributed by atoms with Crippen LogP contribution in [0.5, 0.6) is 11.5 Å². The molecule has 4 rings (SSSR count). The summed E-state index contributed by atoms with van der Waals surface area (Å²) in [4.78, 5) is 18.5. The number of amides is 1. The molecule has 3 heterocycles. The molecule has 0 saturated heterocycles. The monoisotopic (exact) mass is 298 g/mol. The molecule has 0 radical (unpaired) electrons. The molecule has 1 aromatic carbocycles. The first-order chi connectivity index (χ1) is 10.1. The van der Waals surface area contributed by atoms with Crippen LogP contribution in [0.3, 0.4) is 0 Å². The number of aromatic nitrogens is 1. The average molecular weight is 299 g/mol. The van der Waals surface area contributed by atoms with Crippen molar-refractivity contribution in [3.05, 3.63) is 52.8 Å². The Labute approximate surface area is 126 Å². The van der Waals surface area contributed by atoms with E-state index in [9.17, 15) is 4.79 Å². The predicted octanol–water partition coefficient (Wildman–Crippen LogP) is 3.22. The van der Waals surface area contributed by atoms with Gasteiger partial charge in [0.2, 0.25) is 0 Å². The number of fused-ring (bicyclic) bond motifs is 4. The standard InChI is InChI=1S/C16H11ClN2O2/c1-19-8-11-10-5-4-9(17)7-13(10)21-12-3-2-6-18-15(12)14(11)16(19)20/h2-7H,8H2,1H3. The zero-order chi connectivity index (χ0) is 14.6. The van der Waals surface area contributed by atoms with Gasteiger partial charge in [-0.3, -0.25) is 9.78 Å². The summed E-state index contributed by atoms with van der Waals surface area (Å²) < 4.78 is 5.94. The normalized spacial score (nSPS) is 16.1. The Morgan fingerprint density at radius 1 is 1.29 bits per heavy atom. The number of hydrogen-bond donors (Lipinski definition) is 0. The third kappa shape index (κ3) is 1.76. The van der Waals surface area contributed by atoms with Crippen LogP contribution in [0, 0.1) is 0 Å². The smallest absolute Gasteiger partial charge is 0.256 e. The highest BCUT2D eigenvalue weighted by Crippen LogP contribution is 2.45. The molecular formula is C16H11ClN2O2. The number of pyridine rings is 1. The lowest BCUT2D eigenvalue weighted by Gasteiger charge is -2.14. The number of ether oxygens (including phenoxy) is 1. The van der Waals surface area contributed by atoms with Crippen molar-refractivity contribution in [2.75, 3.05) is 13.6 Å². The highest BCUT2D eigenvalue weighted by atomic mass is 35.5. The van der Waals surface area contributed by atoms with Gasteiger partial charge in [0.25, 0.3) is 5.91 Å². The SMILES string of the molecule is CN1CC2=C(C1=O)c1ncccc1Oc1cc(Cl)ccc12. The van der Waals surface area contributed by atoms with Crippen molar-refractivity contribution in [3.8, 4) is 11.5 Å². The minimum absolute atomic E-state index is 0.0312. The Morgan fingerprint density at radius 3 is 3.00 bits per heavy atom. The summed E-state index contributed by atoms with van der Waals surface area (Å²) in [5.41, 5.74) is 3.04. The lowest BCUT2D eigenvalue weighted by Crippen LogP contribution is -2.22. The molecular weight excluding hydrogens is 288 g/mol. The molecule has 4 nitrogen and oxygen atoms in total. The predicted molar refractivity (Wildman–Crippen MR) is 80.2 cm³/mol. The van der Waals surface area contributed by atoms with Gasteiger partial charge >= 0.3 is 0 Å². The van der Waals surface area contributed by atoms with E-state index >= 15 is 0 Å². The quantitative estimate of drug-likeness (QED) is 0.750. The maximum Gasteiger partial charge on any atom is 0.256 e. The van der Waals surface area contributed by atoms with E-state index in [0.29, 0.717) is 34.3 Å². The third-order valence-corrected chi connectivity index (χ3v) is 3.99. The minimum Gasteiger partial charge on any atom is -0.454 e. The molecule has 5 heteroatoms. The second kappa shape index (κ2) is 4.33. The number of benzene rings is 1. The van der Waals surface area contributed by atoms with Crippen LogP contribution in [0.1, 0.15) is 11.3 Å². The first kappa shape index (κ1) is 12.4. The minimum atomic E-state index is -0.0312. The maximum atomic E-state index is 12.5. The molecule has 2 aliphatic rings. The lowest BCUT2D eigenvalue weighted by atomic mass is 10.00. The molecule has 0 fully saturated rings. The van der Waals surface area contributed by atoms with E-state index in [2.05, 4.69) is 4.98 Å². The largest absolute Gasteiger partial charge is 0.454 e. The zero-order valence-corrected chi connectivity index (χ0v) is 12.0. The molecule has 0 aliphatic carbocycles. The van der Waals surface area contributed by atoms with Gasteiger partial charge in [-0.25, -0.2) is 0 Å². The van der Waals surface area contributed by atoms with Gasteiger partial charge in [0.05, 0.1) is 5.57 Å². The van der Waals surface area contributed by atoms with E-state index in [4.69, 9.17) is 16.3 Å². The van der Waals surface area contributed by atoms with Gasteiger partial charge in [0.15, 0.2) is 5.75 Å². The topological polar surface area (TPSA) is 42.4 Å². The van der Waals surface area contributed by atoms with Crippen LogP contribution in [-0.2, 0) is 4.79 Å². The van der Waals surface area contributed by atoms with Crippen molar-refractivity contribution >= 4 is 28.7 Å². The van der Waals surface area contributed by atoms with Crippen LogP contribution in [-0.4, -0.2) is 29.4 Å². The van der Waals surface area contributed by atoms with E-state index in [0.717, 1.165) is 11.1 Å². The average Bonchev–Trinajstić information content (AvgIpc) is 2.68. The van der Waals surface area contributed by atoms with Gasteiger partial charge < -0.3 is 9.64 Å². The summed E-state index contributed by atoms with van der Waals surface area (Å²) >= 11 is 6.07. The van der Waals surface area contributed by atoms with Crippen LogP contribution in [0.15, 0.2) is 36.5 Å². The van der Waals surface area contributed by atoms with Crippen molar-refractivity contribution < 1.29 is 9.53 Å². The molecule has 2 aromatic rings. The Morgan fingerprint density at radius 2 is 2.14 bits per heavy atom. The summed E-state index contributed by atoms with van der Waals surface area (Å²) in [5.74, 6) is 1.20. The highest BCUT2D eigenvalue weighted by molar-refractivity contribution is 6.32. The molecule has 0 bridgehead atoms. The van der Waals surface area contributed by atoms with Crippen LogP contribution < -0.4 is 4.74 Å². The first-order valence-electron chi connectivity index (χ1n) is 6.57. The Balaban J connectivity index is 2.06. The van der Waals surface area contributed by atoms with E-state index in [1.165, 1.54) is 0 Å². The van der Waals surface area contributed by atoms with Crippen LogP contribution in [0.25, 0.3) is 11.1 Å². The fourth-order valence-corrected chi connectivity index (χ4v) is 2.94. The molecule has 2 aliphatic heterocycles. The highest BCUT2D eigenvalue weighted by Gasteiger charge is 2.35. The molecule has 0 atom stereocenters. The molecule has 104 valence electrons. The van der Waals surface area contributed by atoms with Crippen molar-refractivity contribution in [2.45, 2.75) is 0 Å². The Bertz CT molecular complexity index is 814. The molecule has 1 aromatic heterocycles. The molecule has 0 saturated carbocycles. The molecule has 1 amide bonds. The summed E-state index contributed by atoms with van der Waals surface area (Å²) in [7, 11) is 1.79. The molecule has 0 spiro atoms. The van der Waals surface area contributed by atoms with E-state index in [1.54, 1.807) is 36.3 Å². The second-order valence-corrected chi connectivity index (χ2v) is 5.54. The van der Waals surface area contributed by atoms with Gasteiger partial charge in [0, 0.05) is 36.4 Å². The fraction of sp³-hybridized carbons (Fsp3) is 0.125. The van der Waals surface area contributed by atoms with Crippen molar-refractivity contribution in [1.82, 2.24) is 9.88 Å². The fourth-order valence-electron chi connectivity index (χ4n) is 2.78. The number of likely N-dealkylation sites (N-methyl/N-ethyl adjacent to an activating group) is 1. The number of carbonyl (C=O) groups excluding carboxylic acids is 1. The first-order valence-corrected chi connectivity index (χ1v) is 6.95. The third-order valence-electron chi connectivity index (χ3n) is 3.75. The van der Waals surface area contributed by atoms with Gasteiger partial charge in [-0.2, -0.15) is 0 Å². The van der Waals surface area contributed by atoms with Crippen molar-refractivity contribution in [2.24, 2.45) is 0 Å². The Kier molecular flexibility index (Phi) is 2.56. The maximum absolute atomic E-state index is 12.5. The summed E-state index contributed by atoms with van der Waals surface area (Å²) in [6.45, 7) is 0.544. The van der Waals surface area contributed by atoms with Gasteiger partial charge in [-0.05, 0) is 29.8 Å². The van der Waals surface area contributed by atoms with Crippen LogP contribution in [0.2, 0.25) is 5.02 Å². The van der Waals surface area contributed by atoms with E-state index in [-0.39, 0.29) is 5.91 Å². The van der Waals surface area contributed by atoms with Crippen LogP contribution >= 0.6 is 11.6 Å². The van der Waals surface area contributed by atoms with E-state index < -0.39 is 0 Å². The van der Waals surface area contributed by atoms with E-state index in [1.807, 2.05) is 12.1 Å². The molecule has 0 N–H and O–H groups in total. The van der Waals surface area contributed by atoms with Crippen molar-refractivity contribution in [3.63, 3.8) is 0 Å². The summed E-state index contributed by atoms with van der Waals surface area (Å²) in [5, 5.41) is 0.598. The Hall–Kier alpha value is -2.33. The number of rotatable bonds is 0. The summed E-state index contributed by atoms with van der Waals surface area (Å²) in [6, 6.07) is 9.07. The second-order valence-electron chi connectivity index (χ2n) is 5.11. The molecule has 21 heavy (non-hydrogen) atoms. The zero-order valence-electron chi connectivity index (χ0n) is 11.3. The lowest BCUT2D eigenvalue weighted by molar-refractivity contribution is -0.122. The summed E-state index contributed by atoms with van der Waals surface area (Å²) in [6.07, 6.45) is 1.67. The number of hydrogen-bond acceptors (Lipinski definition) is 3. The van der Waals surface area contributed by atoms with Gasteiger partial charge in [0.1, 0.15) is 11.4 Å². The van der Waals surface area contributed by atoms with Gasteiger partial charge in [-0.1, -0.05) is 11.6 Å².